The Balaban J connectivity index is 0. The topological polar surface area (TPSA) is 78.0 Å². The molecule has 0 aliphatic heterocycles. The molecule has 0 aliphatic carbocycles. The fraction of sp³-hybridized carbons (Fsp3) is 0.895. The van der Waals surface area contributed by atoms with Crippen LogP contribution in [0.2, 0.25) is 0 Å². The van der Waals surface area contributed by atoms with Gasteiger partial charge in [0.05, 0.1) is 12.1 Å². The van der Waals surface area contributed by atoms with E-state index >= 15 is 0 Å². The molecule has 0 rings (SSSR count). The molecule has 0 aromatic heterocycles. The van der Waals surface area contributed by atoms with Crippen LogP contribution in [0.5, 0.6) is 0 Å². The third kappa shape index (κ3) is 15.9. The molecule has 162 valence electrons. The van der Waals surface area contributed by atoms with Crippen LogP contribution >= 0.6 is 24.0 Å². The molecule has 0 atom stereocenters. The van der Waals surface area contributed by atoms with Gasteiger partial charge in [-0.3, -0.25) is 4.99 Å². The van der Waals surface area contributed by atoms with E-state index in [1.54, 1.807) is 0 Å². The van der Waals surface area contributed by atoms with Crippen molar-refractivity contribution in [2.45, 2.75) is 73.0 Å². The van der Waals surface area contributed by atoms with E-state index in [-0.39, 0.29) is 24.0 Å². The van der Waals surface area contributed by atoms with Crippen LogP contribution in [0.3, 0.4) is 0 Å². The zero-order valence-corrected chi connectivity index (χ0v) is 20.9. The van der Waals surface area contributed by atoms with E-state index < -0.39 is 17.2 Å². The van der Waals surface area contributed by atoms with Crippen molar-refractivity contribution in [3.63, 3.8) is 0 Å². The summed E-state index contributed by atoms with van der Waals surface area (Å²) in [5, 5.41) is 9.48. The highest BCUT2D eigenvalue weighted by atomic mass is 127. The number of aliphatic imine (C=N–C) groups is 1. The molecular formula is C19H42IN5O2. The molecule has 8 heteroatoms. The van der Waals surface area contributed by atoms with Crippen LogP contribution in [0.1, 0.15) is 61.8 Å². The number of halogens is 1. The molecule has 3 N–H and O–H groups in total. The zero-order valence-electron chi connectivity index (χ0n) is 18.6. The monoisotopic (exact) mass is 499 g/mol. The molecule has 0 spiro atoms. The van der Waals surface area contributed by atoms with E-state index in [1.165, 1.54) is 0 Å². The largest absolute Gasteiger partial charge is 0.444 e. The molecule has 0 saturated carbocycles. The van der Waals surface area contributed by atoms with Gasteiger partial charge in [-0.2, -0.15) is 0 Å². The average Bonchev–Trinajstić information content (AvgIpc) is 2.50. The van der Waals surface area contributed by atoms with Crippen LogP contribution < -0.4 is 16.0 Å². The number of nitrogens with one attached hydrogen (secondary N) is 3. The summed E-state index contributed by atoms with van der Waals surface area (Å²) >= 11 is 0. The summed E-state index contributed by atoms with van der Waals surface area (Å²) in [6.07, 6.45) is 0.640. The normalized spacial score (nSPS) is 12.4. The van der Waals surface area contributed by atoms with Gasteiger partial charge in [0.25, 0.3) is 0 Å². The number of guanidine groups is 1. The minimum absolute atomic E-state index is 0. The van der Waals surface area contributed by atoms with Crippen LogP contribution in [-0.4, -0.2) is 67.4 Å². The molecule has 0 aliphatic rings. The maximum atomic E-state index is 12.0. The number of alkyl carbamates (subject to hydrolysis) is 1. The van der Waals surface area contributed by atoms with Gasteiger partial charge in [0.2, 0.25) is 0 Å². The minimum Gasteiger partial charge on any atom is -0.444 e. The third-order valence-corrected chi connectivity index (χ3v) is 3.65. The van der Waals surface area contributed by atoms with Crippen LogP contribution in [-0.2, 0) is 4.74 Å². The lowest BCUT2D eigenvalue weighted by Crippen LogP contribution is -2.49. The van der Waals surface area contributed by atoms with Gasteiger partial charge in [-0.15, -0.1) is 24.0 Å². The molecule has 0 fully saturated rings. The average molecular weight is 499 g/mol. The van der Waals surface area contributed by atoms with Gasteiger partial charge < -0.3 is 25.6 Å². The zero-order chi connectivity index (χ0) is 20.2. The molecule has 7 nitrogen and oxygen atoms in total. The second kappa shape index (κ2) is 14.3. The molecule has 0 heterocycles. The Hall–Kier alpha value is -0.770. The Morgan fingerprint density at radius 1 is 1.04 bits per heavy atom. The lowest BCUT2D eigenvalue weighted by atomic mass is 10.1. The Labute approximate surface area is 183 Å². The number of carbonyl (C=O) groups excluding carboxylic acids is 1. The number of rotatable bonds is 10. The maximum absolute atomic E-state index is 12.0. The quantitative estimate of drug-likeness (QED) is 0.186. The highest BCUT2D eigenvalue weighted by molar-refractivity contribution is 14.0. The number of ether oxygens (including phenoxy) is 1. The van der Waals surface area contributed by atoms with Crippen molar-refractivity contribution in [2.75, 3.05) is 39.3 Å². The van der Waals surface area contributed by atoms with Gasteiger partial charge in [0.1, 0.15) is 5.60 Å². The molecule has 0 aromatic rings. The van der Waals surface area contributed by atoms with Crippen molar-refractivity contribution in [2.24, 2.45) is 4.99 Å². The first kappa shape index (κ1) is 28.4. The van der Waals surface area contributed by atoms with E-state index in [0.29, 0.717) is 6.54 Å². The molecular weight excluding hydrogens is 457 g/mol. The second-order valence-electron chi connectivity index (χ2n) is 8.01. The molecule has 0 bridgehead atoms. The Kier molecular flexibility index (Phi) is 15.0. The number of nitrogens with zero attached hydrogens (tertiary/aromatic N) is 2. The van der Waals surface area contributed by atoms with Crippen molar-refractivity contribution in [1.29, 1.82) is 0 Å². The molecule has 1 amide bonds. The molecule has 0 unspecified atom stereocenters. The van der Waals surface area contributed by atoms with E-state index in [0.717, 1.165) is 45.1 Å². The van der Waals surface area contributed by atoms with Crippen molar-refractivity contribution in [3.05, 3.63) is 0 Å². The van der Waals surface area contributed by atoms with Gasteiger partial charge in [-0.25, -0.2) is 4.79 Å². The summed E-state index contributed by atoms with van der Waals surface area (Å²) in [5.74, 6) is 0.770. The van der Waals surface area contributed by atoms with E-state index in [1.807, 2.05) is 41.5 Å². The second-order valence-corrected chi connectivity index (χ2v) is 8.01. The predicted molar refractivity (Wildman–Crippen MR) is 125 cm³/mol. The molecule has 0 saturated heterocycles. The minimum atomic E-state index is -0.509. The first-order valence-electron chi connectivity index (χ1n) is 9.78. The summed E-state index contributed by atoms with van der Waals surface area (Å²) in [5.41, 5.74) is -1.00. The number of carbonyl (C=O) groups is 1. The summed E-state index contributed by atoms with van der Waals surface area (Å²) in [6.45, 7) is 21.2. The SMILES string of the molecule is CCNC(=NCC(C)(C)NC(=O)OC(C)(C)C)NCCCN(CC)CC.I. The summed E-state index contributed by atoms with van der Waals surface area (Å²) in [7, 11) is 0. The van der Waals surface area contributed by atoms with Crippen molar-refractivity contribution in [3.8, 4) is 0 Å². The van der Waals surface area contributed by atoms with Crippen LogP contribution in [0.25, 0.3) is 0 Å². The standard InChI is InChI=1S/C19H41N5O2.HI/c1-9-20-16(21-13-12-14-24(10-2)11-3)22-15-19(7,8)23-17(25)26-18(4,5)6;/h9-15H2,1-8H3,(H,23,25)(H2,20,21,22);1H. The van der Waals surface area contributed by atoms with E-state index in [4.69, 9.17) is 4.74 Å². The summed E-state index contributed by atoms with van der Waals surface area (Å²) < 4.78 is 5.32. The highest BCUT2D eigenvalue weighted by Crippen LogP contribution is 2.09. The first-order chi connectivity index (χ1) is 12.0. The molecule has 0 aromatic carbocycles. The van der Waals surface area contributed by atoms with Crippen LogP contribution in [0, 0.1) is 0 Å². The fourth-order valence-corrected chi connectivity index (χ4v) is 2.29. The Morgan fingerprint density at radius 2 is 1.63 bits per heavy atom. The Bertz CT molecular complexity index is 432. The molecule has 0 radical (unpaired) electrons. The van der Waals surface area contributed by atoms with Crippen molar-refractivity contribution >= 4 is 36.0 Å². The lowest BCUT2D eigenvalue weighted by molar-refractivity contribution is 0.0476. The van der Waals surface area contributed by atoms with Gasteiger partial charge >= 0.3 is 6.09 Å². The molecule has 27 heavy (non-hydrogen) atoms. The van der Waals surface area contributed by atoms with Gasteiger partial charge in [0, 0.05) is 13.1 Å². The van der Waals surface area contributed by atoms with E-state index in [2.05, 4.69) is 39.7 Å². The predicted octanol–water partition coefficient (Wildman–Crippen LogP) is 3.19. The Morgan fingerprint density at radius 3 is 2.11 bits per heavy atom. The highest BCUT2D eigenvalue weighted by Gasteiger charge is 2.24. The summed E-state index contributed by atoms with van der Waals surface area (Å²) in [6, 6.07) is 0. The number of amides is 1. The maximum Gasteiger partial charge on any atom is 0.408 e. The van der Waals surface area contributed by atoms with Crippen molar-refractivity contribution in [1.82, 2.24) is 20.9 Å². The van der Waals surface area contributed by atoms with Gasteiger partial charge in [0.15, 0.2) is 5.96 Å². The van der Waals surface area contributed by atoms with E-state index in [9.17, 15) is 4.79 Å². The fourth-order valence-electron chi connectivity index (χ4n) is 2.29. The van der Waals surface area contributed by atoms with Gasteiger partial charge in [-0.05, 0) is 67.6 Å². The van der Waals surface area contributed by atoms with Gasteiger partial charge in [-0.1, -0.05) is 13.8 Å². The smallest absolute Gasteiger partial charge is 0.408 e. The number of hydrogen-bond donors (Lipinski definition) is 3. The van der Waals surface area contributed by atoms with Crippen LogP contribution in [0.4, 0.5) is 4.79 Å². The van der Waals surface area contributed by atoms with Crippen molar-refractivity contribution < 1.29 is 9.53 Å². The summed E-state index contributed by atoms with van der Waals surface area (Å²) in [4.78, 5) is 19.0. The third-order valence-electron chi connectivity index (χ3n) is 3.65. The number of hydrogen-bond acceptors (Lipinski definition) is 4. The van der Waals surface area contributed by atoms with Crippen LogP contribution in [0.15, 0.2) is 4.99 Å². The first-order valence-corrected chi connectivity index (χ1v) is 9.78. The lowest BCUT2D eigenvalue weighted by Gasteiger charge is -2.27.